The molecule has 2 rings (SSSR count). The van der Waals surface area contributed by atoms with Gasteiger partial charge in [-0.05, 0) is 56.4 Å². The third-order valence-corrected chi connectivity index (χ3v) is 3.83. The van der Waals surface area contributed by atoms with Crippen molar-refractivity contribution in [3.63, 3.8) is 0 Å². The third kappa shape index (κ3) is 4.74. The largest absolute Gasteiger partial charge is 0.385 e. The van der Waals surface area contributed by atoms with Gasteiger partial charge in [-0.2, -0.15) is 0 Å². The number of benzene rings is 1. The second-order valence-electron chi connectivity index (χ2n) is 5.64. The van der Waals surface area contributed by atoms with Gasteiger partial charge in [0.1, 0.15) is 0 Å². The number of amides is 1. The van der Waals surface area contributed by atoms with Gasteiger partial charge >= 0.3 is 0 Å². The van der Waals surface area contributed by atoms with Crippen molar-refractivity contribution in [3.8, 4) is 0 Å². The Morgan fingerprint density at radius 1 is 1.38 bits per heavy atom. The minimum Gasteiger partial charge on any atom is -0.385 e. The van der Waals surface area contributed by atoms with E-state index in [1.807, 2.05) is 25.1 Å². The first kappa shape index (κ1) is 15.8. The molecule has 1 amide bonds. The summed E-state index contributed by atoms with van der Waals surface area (Å²) >= 11 is 0. The quantitative estimate of drug-likeness (QED) is 0.811. The number of aryl methyl sites for hydroxylation is 1. The number of anilines is 1. The average Bonchev–Trinajstić information content (AvgIpc) is 2.99. The van der Waals surface area contributed by atoms with Crippen molar-refractivity contribution in [1.82, 2.24) is 5.32 Å². The third-order valence-electron chi connectivity index (χ3n) is 3.83. The highest BCUT2D eigenvalue weighted by Gasteiger charge is 2.15. The lowest BCUT2D eigenvalue weighted by molar-refractivity contribution is 0.0907. The van der Waals surface area contributed by atoms with Crippen LogP contribution in [0.25, 0.3) is 0 Å². The number of hydrogen-bond donors (Lipinski definition) is 2. The van der Waals surface area contributed by atoms with Gasteiger partial charge in [-0.3, -0.25) is 4.79 Å². The van der Waals surface area contributed by atoms with Crippen LogP contribution in [-0.4, -0.2) is 31.7 Å². The fourth-order valence-corrected chi connectivity index (χ4v) is 2.58. The van der Waals surface area contributed by atoms with Gasteiger partial charge in [0.15, 0.2) is 0 Å². The predicted molar refractivity (Wildman–Crippen MR) is 85.9 cm³/mol. The standard InChI is InChI=1S/C17H26N2O2/c1-3-9-18-16-7-6-14(12-13(16)2)17(20)19-10-8-15-5-4-11-21-15/h6-7,12,15,18H,3-5,8-11H2,1-2H3,(H,19,20). The molecule has 0 aliphatic carbocycles. The van der Waals surface area contributed by atoms with Crippen LogP contribution in [0.2, 0.25) is 0 Å². The molecule has 1 aromatic rings. The summed E-state index contributed by atoms with van der Waals surface area (Å²) in [6, 6.07) is 5.81. The Kier molecular flexibility index (Phi) is 6.05. The van der Waals surface area contributed by atoms with Gasteiger partial charge in [-0.15, -0.1) is 0 Å². The minimum atomic E-state index is -0.00172. The molecule has 1 aromatic carbocycles. The molecule has 4 heteroatoms. The lowest BCUT2D eigenvalue weighted by atomic mass is 10.1. The summed E-state index contributed by atoms with van der Waals surface area (Å²) in [6.45, 7) is 6.66. The van der Waals surface area contributed by atoms with Crippen LogP contribution in [-0.2, 0) is 4.74 Å². The van der Waals surface area contributed by atoms with Crippen molar-refractivity contribution in [3.05, 3.63) is 29.3 Å². The van der Waals surface area contributed by atoms with Crippen LogP contribution in [0, 0.1) is 6.92 Å². The Morgan fingerprint density at radius 2 is 2.24 bits per heavy atom. The Balaban J connectivity index is 1.82. The summed E-state index contributed by atoms with van der Waals surface area (Å²) in [6.07, 6.45) is 4.58. The molecule has 1 fully saturated rings. The smallest absolute Gasteiger partial charge is 0.251 e. The molecule has 0 spiro atoms. The lowest BCUT2D eigenvalue weighted by Gasteiger charge is -2.12. The zero-order chi connectivity index (χ0) is 15.1. The molecule has 2 N–H and O–H groups in total. The van der Waals surface area contributed by atoms with Crippen LogP contribution >= 0.6 is 0 Å². The first-order valence-corrected chi connectivity index (χ1v) is 7.95. The van der Waals surface area contributed by atoms with Gasteiger partial charge in [-0.25, -0.2) is 0 Å². The topological polar surface area (TPSA) is 50.4 Å². The second-order valence-corrected chi connectivity index (χ2v) is 5.64. The molecule has 4 nitrogen and oxygen atoms in total. The van der Waals surface area contributed by atoms with E-state index in [0.717, 1.165) is 55.6 Å². The van der Waals surface area contributed by atoms with E-state index < -0.39 is 0 Å². The van der Waals surface area contributed by atoms with E-state index in [1.54, 1.807) is 0 Å². The van der Waals surface area contributed by atoms with Crippen LogP contribution in [0.1, 0.15) is 48.5 Å². The monoisotopic (exact) mass is 290 g/mol. The van der Waals surface area contributed by atoms with Crippen molar-refractivity contribution < 1.29 is 9.53 Å². The van der Waals surface area contributed by atoms with Gasteiger partial charge in [-0.1, -0.05) is 6.92 Å². The molecule has 1 atom stereocenters. The molecule has 1 heterocycles. The molecule has 116 valence electrons. The van der Waals surface area contributed by atoms with Crippen molar-refractivity contribution >= 4 is 11.6 Å². The highest BCUT2D eigenvalue weighted by Crippen LogP contribution is 2.17. The Labute approximate surface area is 127 Å². The molecule has 1 aliphatic heterocycles. The summed E-state index contributed by atoms with van der Waals surface area (Å²) < 4.78 is 5.55. The highest BCUT2D eigenvalue weighted by atomic mass is 16.5. The van der Waals surface area contributed by atoms with Gasteiger partial charge in [0, 0.05) is 30.9 Å². The van der Waals surface area contributed by atoms with Gasteiger partial charge in [0.2, 0.25) is 0 Å². The van der Waals surface area contributed by atoms with E-state index in [1.165, 1.54) is 0 Å². The molecule has 21 heavy (non-hydrogen) atoms. The average molecular weight is 290 g/mol. The van der Waals surface area contributed by atoms with Gasteiger partial charge in [0.05, 0.1) is 6.10 Å². The van der Waals surface area contributed by atoms with E-state index in [-0.39, 0.29) is 5.91 Å². The molecular weight excluding hydrogens is 264 g/mol. The SMILES string of the molecule is CCCNc1ccc(C(=O)NCCC2CCCO2)cc1C. The fourth-order valence-electron chi connectivity index (χ4n) is 2.58. The van der Waals surface area contributed by atoms with Crippen molar-refractivity contribution in [1.29, 1.82) is 0 Å². The molecule has 0 radical (unpaired) electrons. The number of rotatable bonds is 7. The summed E-state index contributed by atoms with van der Waals surface area (Å²) in [5.41, 5.74) is 2.94. The van der Waals surface area contributed by atoms with Crippen molar-refractivity contribution in [2.24, 2.45) is 0 Å². The van der Waals surface area contributed by atoms with Gasteiger partial charge in [0.25, 0.3) is 5.91 Å². The number of ether oxygens (including phenoxy) is 1. The maximum absolute atomic E-state index is 12.1. The van der Waals surface area contributed by atoms with Crippen molar-refractivity contribution in [2.45, 2.75) is 45.6 Å². The Hall–Kier alpha value is -1.55. The Morgan fingerprint density at radius 3 is 2.90 bits per heavy atom. The summed E-state index contributed by atoms with van der Waals surface area (Å²) in [5.74, 6) is -0.00172. The zero-order valence-corrected chi connectivity index (χ0v) is 13.1. The van der Waals surface area contributed by atoms with Crippen molar-refractivity contribution in [2.75, 3.05) is 25.0 Å². The molecule has 0 saturated carbocycles. The van der Waals surface area contributed by atoms with Crippen LogP contribution in [0.3, 0.4) is 0 Å². The molecule has 1 saturated heterocycles. The van der Waals surface area contributed by atoms with Crippen LogP contribution in [0.15, 0.2) is 18.2 Å². The van der Waals surface area contributed by atoms with Crippen LogP contribution in [0.5, 0.6) is 0 Å². The fraction of sp³-hybridized carbons (Fsp3) is 0.588. The molecule has 0 aromatic heterocycles. The van der Waals surface area contributed by atoms with E-state index in [9.17, 15) is 4.79 Å². The number of carbonyl (C=O) groups is 1. The molecule has 1 aliphatic rings. The molecule has 0 bridgehead atoms. The summed E-state index contributed by atoms with van der Waals surface area (Å²) in [7, 11) is 0. The Bertz CT molecular complexity index is 468. The molecule has 1 unspecified atom stereocenters. The molecular formula is C17H26N2O2. The maximum Gasteiger partial charge on any atom is 0.251 e. The van der Waals surface area contributed by atoms with Gasteiger partial charge < -0.3 is 15.4 Å². The number of hydrogen-bond acceptors (Lipinski definition) is 3. The lowest BCUT2D eigenvalue weighted by Crippen LogP contribution is -2.27. The van der Waals surface area contributed by atoms with Crippen LogP contribution < -0.4 is 10.6 Å². The first-order valence-electron chi connectivity index (χ1n) is 7.95. The maximum atomic E-state index is 12.1. The second kappa shape index (κ2) is 8.03. The van der Waals surface area contributed by atoms with Crippen LogP contribution in [0.4, 0.5) is 5.69 Å². The van der Waals surface area contributed by atoms with E-state index in [4.69, 9.17) is 4.74 Å². The number of nitrogens with one attached hydrogen (secondary N) is 2. The van der Waals surface area contributed by atoms with E-state index >= 15 is 0 Å². The zero-order valence-electron chi connectivity index (χ0n) is 13.1. The summed E-state index contributed by atoms with van der Waals surface area (Å²) in [5, 5.41) is 6.34. The minimum absolute atomic E-state index is 0.00172. The van der Waals surface area contributed by atoms with E-state index in [0.29, 0.717) is 12.6 Å². The van der Waals surface area contributed by atoms with E-state index in [2.05, 4.69) is 17.6 Å². The number of carbonyl (C=O) groups excluding carboxylic acids is 1. The predicted octanol–water partition coefficient (Wildman–Crippen LogP) is 3.12. The normalized spacial score (nSPS) is 17.7. The highest BCUT2D eigenvalue weighted by molar-refractivity contribution is 5.94. The first-order chi connectivity index (χ1) is 10.2. The summed E-state index contributed by atoms with van der Waals surface area (Å²) in [4.78, 5) is 12.1.